The Kier molecular flexibility index (Phi) is 4.94. The van der Waals surface area contributed by atoms with E-state index in [-0.39, 0.29) is 11.6 Å². The van der Waals surface area contributed by atoms with Crippen LogP contribution in [0.2, 0.25) is 0 Å². The fourth-order valence-electron chi connectivity index (χ4n) is 3.15. The van der Waals surface area contributed by atoms with Crippen LogP contribution in [0.5, 0.6) is 0 Å². The van der Waals surface area contributed by atoms with Crippen LogP contribution in [0.4, 0.5) is 10.2 Å². The van der Waals surface area contributed by atoms with E-state index in [1.165, 1.54) is 0 Å². The Balaban J connectivity index is 1.65. The van der Waals surface area contributed by atoms with Gasteiger partial charge in [-0.05, 0) is 13.3 Å². The van der Waals surface area contributed by atoms with E-state index in [2.05, 4.69) is 20.3 Å². The van der Waals surface area contributed by atoms with Gasteiger partial charge in [0, 0.05) is 63.4 Å². The van der Waals surface area contributed by atoms with Crippen molar-refractivity contribution in [3.63, 3.8) is 0 Å². The molecule has 0 spiro atoms. The summed E-state index contributed by atoms with van der Waals surface area (Å²) in [4.78, 5) is 18.4. The molecule has 3 heterocycles. The van der Waals surface area contributed by atoms with Gasteiger partial charge in [-0.15, -0.1) is 0 Å². The minimum atomic E-state index is -0.843. The number of likely N-dealkylation sites (tertiary alicyclic amines) is 1. The third-order valence-corrected chi connectivity index (χ3v) is 4.38. The highest BCUT2D eigenvalue weighted by Gasteiger charge is 2.32. The summed E-state index contributed by atoms with van der Waals surface area (Å²) in [5.41, 5.74) is 0.913. The topological polar surface area (TPSA) is 68.0 Å². The molecule has 24 heavy (non-hydrogen) atoms. The van der Waals surface area contributed by atoms with Gasteiger partial charge in [0.2, 0.25) is 0 Å². The zero-order valence-electron chi connectivity index (χ0n) is 14.0. The van der Waals surface area contributed by atoms with Crippen LogP contribution in [0.3, 0.4) is 0 Å². The third kappa shape index (κ3) is 3.64. The van der Waals surface area contributed by atoms with Gasteiger partial charge >= 0.3 is 0 Å². The van der Waals surface area contributed by atoms with Gasteiger partial charge in [-0.3, -0.25) is 14.4 Å². The van der Waals surface area contributed by atoms with E-state index in [4.69, 9.17) is 0 Å². The van der Waals surface area contributed by atoms with Crippen LogP contribution < -0.4 is 10.9 Å². The first-order chi connectivity index (χ1) is 11.6. The molecular weight excluding hydrogens is 311 g/mol. The number of nitrogens with zero attached hydrogens (tertiary/aromatic N) is 5. The van der Waals surface area contributed by atoms with Crippen molar-refractivity contribution in [2.75, 3.05) is 18.4 Å². The molecule has 3 rings (SSSR count). The Hall–Kier alpha value is -2.22. The quantitative estimate of drug-likeness (QED) is 0.854. The molecule has 7 nitrogen and oxygen atoms in total. The van der Waals surface area contributed by atoms with Gasteiger partial charge < -0.3 is 9.88 Å². The predicted octanol–water partition coefficient (Wildman–Crippen LogP) is 1.02. The summed E-state index contributed by atoms with van der Waals surface area (Å²) < 4.78 is 17.2. The molecule has 0 bridgehead atoms. The van der Waals surface area contributed by atoms with E-state index in [0.717, 1.165) is 5.56 Å². The largest absolute Gasteiger partial charge is 0.364 e. The van der Waals surface area contributed by atoms with E-state index < -0.39 is 6.17 Å². The average molecular weight is 334 g/mol. The van der Waals surface area contributed by atoms with Crippen molar-refractivity contribution < 1.29 is 4.39 Å². The molecule has 0 radical (unpaired) electrons. The Morgan fingerprint density at radius 1 is 1.46 bits per heavy atom. The molecule has 1 aliphatic rings. The van der Waals surface area contributed by atoms with Crippen LogP contribution in [-0.4, -0.2) is 49.5 Å². The van der Waals surface area contributed by atoms with Crippen molar-refractivity contribution in [3.05, 3.63) is 40.7 Å². The molecular formula is C16H23FN6O. The van der Waals surface area contributed by atoms with Crippen LogP contribution in [-0.2, 0) is 20.1 Å². The molecule has 8 heteroatoms. The van der Waals surface area contributed by atoms with Crippen LogP contribution >= 0.6 is 0 Å². The molecule has 0 aromatic carbocycles. The second-order valence-corrected chi connectivity index (χ2v) is 6.19. The van der Waals surface area contributed by atoms with E-state index in [1.54, 1.807) is 27.8 Å². The minimum Gasteiger partial charge on any atom is -0.364 e. The number of aromatic nitrogens is 4. The van der Waals surface area contributed by atoms with Crippen molar-refractivity contribution in [2.45, 2.75) is 38.6 Å². The lowest BCUT2D eigenvalue weighted by molar-refractivity contribution is 0.241. The molecule has 2 aromatic heterocycles. The van der Waals surface area contributed by atoms with Crippen molar-refractivity contribution in [1.82, 2.24) is 24.2 Å². The molecule has 130 valence electrons. The Labute approximate surface area is 140 Å². The Morgan fingerprint density at radius 3 is 3.00 bits per heavy atom. The van der Waals surface area contributed by atoms with Gasteiger partial charge in [0.25, 0.3) is 5.56 Å². The first-order valence-electron chi connectivity index (χ1n) is 8.21. The van der Waals surface area contributed by atoms with Gasteiger partial charge in [0.05, 0.1) is 6.20 Å². The zero-order chi connectivity index (χ0) is 17.1. The molecule has 1 N–H and O–H groups in total. The smallest absolute Gasteiger partial charge is 0.293 e. The molecule has 1 fully saturated rings. The number of anilines is 1. The number of alkyl halides is 1. The van der Waals surface area contributed by atoms with Crippen molar-refractivity contribution in [1.29, 1.82) is 0 Å². The first kappa shape index (κ1) is 16.6. The summed E-state index contributed by atoms with van der Waals surface area (Å²) in [6, 6.07) is 0.0247. The monoisotopic (exact) mass is 334 g/mol. The summed E-state index contributed by atoms with van der Waals surface area (Å²) in [6.07, 6.45) is 6.62. The lowest BCUT2D eigenvalue weighted by atomic mass is 10.2. The Bertz CT molecular complexity index is 742. The summed E-state index contributed by atoms with van der Waals surface area (Å²) in [5, 5.41) is 7.25. The van der Waals surface area contributed by atoms with E-state index >= 15 is 0 Å². The summed E-state index contributed by atoms with van der Waals surface area (Å²) in [6.45, 7) is 4.06. The molecule has 2 aromatic rings. The number of hydrogen-bond donors (Lipinski definition) is 1. The highest BCUT2D eigenvalue weighted by atomic mass is 19.1. The van der Waals surface area contributed by atoms with Gasteiger partial charge in [-0.25, -0.2) is 9.37 Å². The van der Waals surface area contributed by atoms with E-state index in [1.807, 2.05) is 20.2 Å². The minimum absolute atomic E-state index is 0.0247. The predicted molar refractivity (Wildman–Crippen MR) is 89.6 cm³/mol. The van der Waals surface area contributed by atoms with Gasteiger partial charge in [-0.2, -0.15) is 5.10 Å². The molecule has 1 aliphatic heterocycles. The fraction of sp³-hybridized carbons (Fsp3) is 0.562. The van der Waals surface area contributed by atoms with Crippen LogP contribution in [0.1, 0.15) is 18.9 Å². The van der Waals surface area contributed by atoms with Crippen molar-refractivity contribution in [3.8, 4) is 0 Å². The summed E-state index contributed by atoms with van der Waals surface area (Å²) in [5.74, 6) is 0.322. The number of rotatable bonds is 6. The average Bonchev–Trinajstić information content (AvgIpc) is 3.12. The lowest BCUT2D eigenvalue weighted by Gasteiger charge is -2.23. The highest BCUT2D eigenvalue weighted by Crippen LogP contribution is 2.22. The van der Waals surface area contributed by atoms with Gasteiger partial charge in [-0.1, -0.05) is 0 Å². The van der Waals surface area contributed by atoms with Crippen LogP contribution in [0, 0.1) is 0 Å². The number of nitrogens with one attached hydrogen (secondary N) is 1. The summed E-state index contributed by atoms with van der Waals surface area (Å²) in [7, 11) is 1.87. The lowest BCUT2D eigenvalue weighted by Crippen LogP contribution is -2.36. The number of halogens is 1. The number of hydrogen-bond acceptors (Lipinski definition) is 5. The molecule has 1 saturated heterocycles. The van der Waals surface area contributed by atoms with Crippen molar-refractivity contribution >= 4 is 5.82 Å². The third-order valence-electron chi connectivity index (χ3n) is 4.38. The van der Waals surface area contributed by atoms with Gasteiger partial charge in [0.1, 0.15) is 6.17 Å². The molecule has 2 atom stereocenters. The standard InChI is InChI=1S/C16H23FN6O/c1-3-22-5-4-18-15(16(22)24)19-8-14-6-13(17)11-23(14)10-12-7-20-21(2)9-12/h4-5,7,9,13-14H,3,6,8,10-11H2,1-2H3,(H,18,19)/t13-,14-/m0/s1. The van der Waals surface area contributed by atoms with Crippen molar-refractivity contribution in [2.24, 2.45) is 7.05 Å². The maximum Gasteiger partial charge on any atom is 0.293 e. The molecule has 0 saturated carbocycles. The first-order valence-corrected chi connectivity index (χ1v) is 8.21. The Morgan fingerprint density at radius 2 is 2.29 bits per heavy atom. The molecule has 0 unspecified atom stereocenters. The molecule has 0 amide bonds. The second kappa shape index (κ2) is 7.12. The fourth-order valence-corrected chi connectivity index (χ4v) is 3.15. The van der Waals surface area contributed by atoms with Crippen LogP contribution in [0.15, 0.2) is 29.6 Å². The highest BCUT2D eigenvalue weighted by molar-refractivity contribution is 5.31. The number of aryl methyl sites for hydroxylation is 2. The van der Waals surface area contributed by atoms with Crippen LogP contribution in [0.25, 0.3) is 0 Å². The molecule has 0 aliphatic carbocycles. The van der Waals surface area contributed by atoms with E-state index in [0.29, 0.717) is 38.4 Å². The summed E-state index contributed by atoms with van der Waals surface area (Å²) >= 11 is 0. The maximum atomic E-state index is 13.9. The maximum absolute atomic E-state index is 13.9. The SMILES string of the molecule is CCn1ccnc(NC[C@@H]2C[C@H](F)CN2Cc2cnn(C)c2)c1=O. The van der Waals surface area contributed by atoms with E-state index in [9.17, 15) is 9.18 Å². The second-order valence-electron chi connectivity index (χ2n) is 6.19. The normalized spacial score (nSPS) is 21.3. The zero-order valence-corrected chi connectivity index (χ0v) is 14.0. The van der Waals surface area contributed by atoms with Gasteiger partial charge in [0.15, 0.2) is 5.82 Å².